The number of rotatable bonds is 8. The zero-order chi connectivity index (χ0) is 24.0. The van der Waals surface area contributed by atoms with E-state index in [1.54, 1.807) is 0 Å². The molecule has 2 heterocycles. The Labute approximate surface area is 205 Å². The fourth-order valence-corrected chi connectivity index (χ4v) is 5.90. The number of hydrogen-bond acceptors (Lipinski definition) is 4. The monoisotopic (exact) mass is 485 g/mol. The first-order valence-corrected chi connectivity index (χ1v) is 13.7. The molecule has 0 atom stereocenters. The summed E-state index contributed by atoms with van der Waals surface area (Å²) in [6.07, 6.45) is 7.77. The summed E-state index contributed by atoms with van der Waals surface area (Å²) in [5.41, 5.74) is 5.38. The number of nitrogens with one attached hydrogen (secondary N) is 1. The molecule has 0 unspecified atom stereocenters. The number of hydrogen-bond donors (Lipinski definition) is 1. The molecule has 0 radical (unpaired) electrons. The molecule has 35 heavy (non-hydrogen) atoms. The van der Waals surface area contributed by atoms with Crippen molar-refractivity contribution in [3.05, 3.63) is 101 Å². The molecule has 2 fully saturated rings. The van der Waals surface area contributed by atoms with Crippen LogP contribution in [0.2, 0.25) is 0 Å². The van der Waals surface area contributed by atoms with E-state index in [9.17, 15) is 13.2 Å². The van der Waals surface area contributed by atoms with Gasteiger partial charge in [-0.3, -0.25) is 9.78 Å². The standard InChI is InChI=1S/C28H27N3O3S/c32-28(30-35(33,34)24-9-10-24)25-16-23(21-7-8-21)17-29-26(25)15-20-6-11-27-22(14-20)12-13-31(27)18-19-4-2-1-3-5-19/h1-6,11-14,16-17,21,24H,7-10,15,18H2,(H,30,32). The summed E-state index contributed by atoms with van der Waals surface area (Å²) in [6, 6.07) is 20.6. The molecule has 2 saturated carbocycles. The van der Waals surface area contributed by atoms with E-state index >= 15 is 0 Å². The molecule has 0 saturated heterocycles. The van der Waals surface area contributed by atoms with Gasteiger partial charge in [0.1, 0.15) is 0 Å². The van der Waals surface area contributed by atoms with Gasteiger partial charge in [0.15, 0.2) is 0 Å². The van der Waals surface area contributed by atoms with Crippen molar-refractivity contribution in [3.8, 4) is 0 Å². The van der Waals surface area contributed by atoms with Gasteiger partial charge >= 0.3 is 0 Å². The second-order valence-corrected chi connectivity index (χ2v) is 11.7. The van der Waals surface area contributed by atoms with Crippen LogP contribution in [-0.2, 0) is 23.0 Å². The van der Waals surface area contributed by atoms with Crippen LogP contribution in [0.4, 0.5) is 0 Å². The topological polar surface area (TPSA) is 81.1 Å². The van der Waals surface area contributed by atoms with Crippen LogP contribution >= 0.6 is 0 Å². The van der Waals surface area contributed by atoms with Gasteiger partial charge < -0.3 is 4.57 Å². The average Bonchev–Trinajstić information content (AvgIpc) is 3.77. The largest absolute Gasteiger partial charge is 0.343 e. The average molecular weight is 486 g/mol. The zero-order valence-corrected chi connectivity index (χ0v) is 20.2. The molecular formula is C28H27N3O3S. The Hall–Kier alpha value is -3.45. The van der Waals surface area contributed by atoms with E-state index in [-0.39, 0.29) is 0 Å². The Morgan fingerprint density at radius 3 is 2.51 bits per heavy atom. The Morgan fingerprint density at radius 2 is 1.77 bits per heavy atom. The first-order valence-electron chi connectivity index (χ1n) is 12.1. The van der Waals surface area contributed by atoms with Crippen molar-refractivity contribution in [2.75, 3.05) is 0 Å². The predicted octanol–water partition coefficient (Wildman–Crippen LogP) is 4.77. The molecule has 1 amide bonds. The first kappa shape index (κ1) is 22.0. The zero-order valence-electron chi connectivity index (χ0n) is 19.4. The SMILES string of the molecule is O=C(NS(=O)(=O)C1CC1)c1cc(C2CC2)cnc1Cc1ccc2c(ccn2Cc2ccccc2)c1. The van der Waals surface area contributed by atoms with E-state index in [1.165, 1.54) is 5.56 Å². The summed E-state index contributed by atoms with van der Waals surface area (Å²) in [5.74, 6) is -0.152. The van der Waals surface area contributed by atoms with Gasteiger partial charge in [-0.15, -0.1) is 0 Å². The molecule has 0 aliphatic heterocycles. The van der Waals surface area contributed by atoms with Crippen molar-refractivity contribution in [3.63, 3.8) is 0 Å². The van der Waals surface area contributed by atoms with Gasteiger partial charge in [0.2, 0.25) is 10.0 Å². The summed E-state index contributed by atoms with van der Waals surface area (Å²) in [4.78, 5) is 17.7. The second kappa shape index (κ2) is 8.64. The molecular weight excluding hydrogens is 458 g/mol. The van der Waals surface area contributed by atoms with E-state index in [0.717, 1.165) is 41.4 Å². The van der Waals surface area contributed by atoms with Crippen LogP contribution in [0.1, 0.15) is 64.3 Å². The van der Waals surface area contributed by atoms with Crippen LogP contribution in [0, 0.1) is 0 Å². The smallest absolute Gasteiger partial charge is 0.266 e. The van der Waals surface area contributed by atoms with Crippen molar-refractivity contribution in [1.29, 1.82) is 0 Å². The maximum absolute atomic E-state index is 13.1. The van der Waals surface area contributed by atoms with Gasteiger partial charge in [0.25, 0.3) is 5.91 Å². The fourth-order valence-electron chi connectivity index (χ4n) is 4.60. The van der Waals surface area contributed by atoms with Gasteiger partial charge in [-0.25, -0.2) is 13.1 Å². The lowest BCUT2D eigenvalue weighted by molar-refractivity contribution is 0.0980. The molecule has 0 bridgehead atoms. The highest BCUT2D eigenvalue weighted by Gasteiger charge is 2.37. The van der Waals surface area contributed by atoms with Crippen LogP contribution in [0.5, 0.6) is 0 Å². The van der Waals surface area contributed by atoms with E-state index in [2.05, 4.69) is 56.9 Å². The lowest BCUT2D eigenvalue weighted by Gasteiger charge is -2.12. The molecule has 4 aromatic rings. The highest BCUT2D eigenvalue weighted by atomic mass is 32.2. The number of carbonyl (C=O) groups excluding carboxylic acids is 1. The lowest BCUT2D eigenvalue weighted by Crippen LogP contribution is -2.34. The minimum absolute atomic E-state index is 0.361. The molecule has 178 valence electrons. The summed E-state index contributed by atoms with van der Waals surface area (Å²) >= 11 is 0. The Balaban J connectivity index is 1.28. The van der Waals surface area contributed by atoms with Crippen LogP contribution in [0.25, 0.3) is 10.9 Å². The quantitative estimate of drug-likeness (QED) is 0.390. The first-order chi connectivity index (χ1) is 17.0. The minimum atomic E-state index is -3.62. The van der Waals surface area contributed by atoms with Crippen molar-refractivity contribution in [1.82, 2.24) is 14.3 Å². The highest BCUT2D eigenvalue weighted by Crippen LogP contribution is 2.40. The third-order valence-electron chi connectivity index (χ3n) is 6.89. The number of nitrogens with zero attached hydrogens (tertiary/aromatic N) is 2. The van der Waals surface area contributed by atoms with Crippen molar-refractivity contribution < 1.29 is 13.2 Å². The maximum Gasteiger partial charge on any atom is 0.266 e. The fraction of sp³-hybridized carbons (Fsp3) is 0.286. The van der Waals surface area contributed by atoms with Gasteiger partial charge in [-0.2, -0.15) is 0 Å². The Bertz CT molecular complexity index is 1520. The normalized spacial score (nSPS) is 15.9. The summed E-state index contributed by atoms with van der Waals surface area (Å²) in [5, 5.41) is 0.673. The number of fused-ring (bicyclic) bond motifs is 1. The lowest BCUT2D eigenvalue weighted by atomic mass is 10.0. The van der Waals surface area contributed by atoms with Gasteiger partial charge in [0, 0.05) is 30.9 Å². The summed E-state index contributed by atoms with van der Waals surface area (Å²) < 4.78 is 29.3. The Kier molecular flexibility index (Phi) is 5.44. The molecule has 6 rings (SSSR count). The van der Waals surface area contributed by atoms with Crippen molar-refractivity contribution in [2.45, 2.75) is 49.8 Å². The number of carbonyl (C=O) groups is 1. The number of aromatic nitrogens is 2. The highest BCUT2D eigenvalue weighted by molar-refractivity contribution is 7.91. The summed E-state index contributed by atoms with van der Waals surface area (Å²) in [6.45, 7) is 0.799. The number of amides is 1. The van der Waals surface area contributed by atoms with Gasteiger partial charge in [-0.05, 0) is 77.9 Å². The molecule has 2 aliphatic rings. The molecule has 2 aromatic heterocycles. The van der Waals surface area contributed by atoms with Gasteiger partial charge in [-0.1, -0.05) is 36.4 Å². The predicted molar refractivity (Wildman–Crippen MR) is 136 cm³/mol. The van der Waals surface area contributed by atoms with E-state index in [0.29, 0.717) is 36.4 Å². The van der Waals surface area contributed by atoms with Crippen molar-refractivity contribution in [2.24, 2.45) is 0 Å². The van der Waals surface area contributed by atoms with E-state index in [1.807, 2.05) is 30.5 Å². The number of benzene rings is 2. The molecule has 0 spiro atoms. The van der Waals surface area contributed by atoms with Crippen molar-refractivity contribution >= 4 is 26.8 Å². The van der Waals surface area contributed by atoms with Gasteiger partial charge in [0.05, 0.1) is 16.5 Å². The summed E-state index contributed by atoms with van der Waals surface area (Å²) in [7, 11) is -3.62. The molecule has 2 aromatic carbocycles. The second-order valence-electron chi connectivity index (χ2n) is 9.71. The third kappa shape index (κ3) is 4.73. The van der Waals surface area contributed by atoms with E-state index < -0.39 is 21.2 Å². The van der Waals surface area contributed by atoms with Crippen LogP contribution < -0.4 is 4.72 Å². The minimum Gasteiger partial charge on any atom is -0.343 e. The molecule has 2 aliphatic carbocycles. The van der Waals surface area contributed by atoms with Crippen LogP contribution in [-0.4, -0.2) is 29.1 Å². The third-order valence-corrected chi connectivity index (χ3v) is 8.70. The van der Waals surface area contributed by atoms with Crippen LogP contribution in [0.3, 0.4) is 0 Å². The molecule has 6 nitrogen and oxygen atoms in total. The number of sulfonamides is 1. The molecule has 1 N–H and O–H groups in total. The van der Waals surface area contributed by atoms with E-state index in [4.69, 9.17) is 0 Å². The Morgan fingerprint density at radius 1 is 0.971 bits per heavy atom. The molecule has 7 heteroatoms. The van der Waals surface area contributed by atoms with Crippen LogP contribution in [0.15, 0.2) is 73.1 Å². The number of pyridine rings is 1. The maximum atomic E-state index is 13.1.